The molecule has 0 heterocycles. The van der Waals surface area contributed by atoms with Crippen LogP contribution in [0.25, 0.3) is 0 Å². The molecule has 0 aromatic heterocycles. The van der Waals surface area contributed by atoms with E-state index in [1.807, 2.05) is 30.3 Å². The number of hydrogen-bond acceptors (Lipinski definition) is 3. The van der Waals surface area contributed by atoms with Gasteiger partial charge in [0.25, 0.3) is 0 Å². The first-order valence-corrected chi connectivity index (χ1v) is 3.61. The summed E-state index contributed by atoms with van der Waals surface area (Å²) in [5, 5.41) is 8.84. The van der Waals surface area contributed by atoms with E-state index >= 15 is 0 Å². The van der Waals surface area contributed by atoms with Crippen LogP contribution < -0.4 is 0 Å². The molecule has 0 bridgehead atoms. The molecule has 1 N–H and O–H groups in total. The van der Waals surface area contributed by atoms with Crippen molar-refractivity contribution in [3.63, 3.8) is 0 Å². The topological polar surface area (TPSA) is 49.7 Å². The average molecular weight is 163 g/mol. The molecular formula is C9H9NO2. The summed E-state index contributed by atoms with van der Waals surface area (Å²) in [6.45, 7) is -0.167. The van der Waals surface area contributed by atoms with Crippen molar-refractivity contribution in [3.05, 3.63) is 35.9 Å². The minimum absolute atomic E-state index is 0.167. The minimum atomic E-state index is -0.469. The Hall–Kier alpha value is -1.44. The summed E-state index contributed by atoms with van der Waals surface area (Å²) in [4.78, 5) is 13.4. The van der Waals surface area contributed by atoms with Gasteiger partial charge in [-0.25, -0.2) is 4.79 Å². The van der Waals surface area contributed by atoms with Gasteiger partial charge >= 0.3 is 0 Å². The molecule has 0 amide bonds. The third kappa shape index (κ3) is 2.02. The molecule has 0 aliphatic carbocycles. The molecule has 62 valence electrons. The van der Waals surface area contributed by atoms with Gasteiger partial charge in [0.15, 0.2) is 0 Å². The molecule has 0 unspecified atom stereocenters. The van der Waals surface area contributed by atoms with Crippen molar-refractivity contribution in [2.24, 2.45) is 4.99 Å². The summed E-state index contributed by atoms with van der Waals surface area (Å²) >= 11 is 0. The molecule has 3 heteroatoms. The number of aliphatic imine (C=N–C) groups is 1. The summed E-state index contributed by atoms with van der Waals surface area (Å²) in [5.74, 6) is 0. The maximum absolute atomic E-state index is 9.94. The lowest BCUT2D eigenvalue weighted by Crippen LogP contribution is -1.99. The first-order chi connectivity index (χ1) is 5.88. The lowest BCUT2D eigenvalue weighted by Gasteiger charge is -2.05. The van der Waals surface area contributed by atoms with E-state index in [4.69, 9.17) is 5.11 Å². The van der Waals surface area contributed by atoms with E-state index in [1.165, 1.54) is 6.08 Å². The Bertz CT molecular complexity index is 278. The van der Waals surface area contributed by atoms with Gasteiger partial charge in [-0.3, -0.25) is 0 Å². The number of nitrogens with zero attached hydrogens (tertiary/aromatic N) is 1. The Labute approximate surface area is 70.4 Å². The van der Waals surface area contributed by atoms with Gasteiger partial charge in [-0.1, -0.05) is 30.3 Å². The predicted octanol–water partition coefficient (Wildman–Crippen LogP) is 1.06. The second-order valence-electron chi connectivity index (χ2n) is 2.33. The molecular weight excluding hydrogens is 154 g/mol. The van der Waals surface area contributed by atoms with E-state index in [9.17, 15) is 4.79 Å². The molecule has 0 spiro atoms. The van der Waals surface area contributed by atoms with Crippen LogP contribution in [-0.4, -0.2) is 17.8 Å². The summed E-state index contributed by atoms with van der Waals surface area (Å²) in [6, 6.07) is 8.67. The maximum Gasteiger partial charge on any atom is 0.235 e. The number of aliphatic hydroxyl groups excluding tert-OH is 1. The van der Waals surface area contributed by atoms with Crippen molar-refractivity contribution in [1.82, 2.24) is 0 Å². The molecule has 0 aliphatic heterocycles. The number of rotatable bonds is 3. The summed E-state index contributed by atoms with van der Waals surface area (Å²) in [6.07, 6.45) is 1.43. The second-order valence-corrected chi connectivity index (χ2v) is 2.33. The van der Waals surface area contributed by atoms with Crippen LogP contribution in [0, 0.1) is 0 Å². The van der Waals surface area contributed by atoms with Crippen molar-refractivity contribution in [3.8, 4) is 0 Å². The maximum atomic E-state index is 9.94. The Balaban J connectivity index is 2.87. The third-order valence-corrected chi connectivity index (χ3v) is 1.57. The van der Waals surface area contributed by atoms with E-state index in [0.29, 0.717) is 0 Å². The summed E-state index contributed by atoms with van der Waals surface area (Å²) < 4.78 is 0. The molecule has 1 aromatic carbocycles. The number of hydrogen-bond donors (Lipinski definition) is 1. The van der Waals surface area contributed by atoms with Gasteiger partial charge in [-0.15, -0.1) is 0 Å². The van der Waals surface area contributed by atoms with E-state index in [1.54, 1.807) is 0 Å². The highest BCUT2D eigenvalue weighted by Crippen LogP contribution is 2.14. The highest BCUT2D eigenvalue weighted by Gasteiger charge is 2.06. The Morgan fingerprint density at radius 2 is 2.08 bits per heavy atom. The standard InChI is InChI=1S/C9H9NO2/c11-6-9(10-7-12)8-4-2-1-3-5-8/h1-5,9,11H,6H2/t9-/m1/s1. The Kier molecular flexibility index (Phi) is 3.20. The first kappa shape index (κ1) is 8.65. The fourth-order valence-electron chi connectivity index (χ4n) is 0.960. The fraction of sp³-hybridized carbons (Fsp3) is 0.222. The molecule has 12 heavy (non-hydrogen) atoms. The lowest BCUT2D eigenvalue weighted by atomic mass is 10.1. The largest absolute Gasteiger partial charge is 0.394 e. The number of isocyanates is 1. The highest BCUT2D eigenvalue weighted by atomic mass is 16.3. The monoisotopic (exact) mass is 163 g/mol. The van der Waals surface area contributed by atoms with Gasteiger partial charge in [0.2, 0.25) is 6.08 Å². The molecule has 0 fully saturated rings. The smallest absolute Gasteiger partial charge is 0.235 e. The predicted molar refractivity (Wildman–Crippen MR) is 44.4 cm³/mol. The van der Waals surface area contributed by atoms with E-state index < -0.39 is 6.04 Å². The van der Waals surface area contributed by atoms with Gasteiger partial charge < -0.3 is 5.11 Å². The van der Waals surface area contributed by atoms with Gasteiger partial charge in [0, 0.05) is 0 Å². The van der Waals surface area contributed by atoms with Crippen molar-refractivity contribution in [1.29, 1.82) is 0 Å². The quantitative estimate of drug-likeness (QED) is 0.535. The van der Waals surface area contributed by atoms with E-state index in [0.717, 1.165) is 5.56 Å². The molecule has 1 aromatic rings. The zero-order valence-electron chi connectivity index (χ0n) is 6.47. The third-order valence-electron chi connectivity index (χ3n) is 1.57. The van der Waals surface area contributed by atoms with Crippen molar-refractivity contribution in [2.45, 2.75) is 6.04 Å². The van der Waals surface area contributed by atoms with Gasteiger partial charge in [0.1, 0.15) is 6.04 Å². The van der Waals surface area contributed by atoms with Crippen LogP contribution in [0.2, 0.25) is 0 Å². The van der Waals surface area contributed by atoms with Crippen molar-refractivity contribution >= 4 is 6.08 Å². The second kappa shape index (κ2) is 4.44. The Morgan fingerprint density at radius 3 is 2.58 bits per heavy atom. The van der Waals surface area contributed by atoms with Crippen LogP contribution in [0.15, 0.2) is 35.3 Å². The molecule has 3 nitrogen and oxygen atoms in total. The molecule has 0 aliphatic rings. The molecule has 0 saturated carbocycles. The SMILES string of the molecule is O=C=N[C@H](CO)c1ccccc1. The van der Waals surface area contributed by atoms with E-state index in [2.05, 4.69) is 4.99 Å². The van der Waals surface area contributed by atoms with Crippen LogP contribution in [0.1, 0.15) is 11.6 Å². The fourth-order valence-corrected chi connectivity index (χ4v) is 0.960. The van der Waals surface area contributed by atoms with Gasteiger partial charge in [-0.05, 0) is 5.56 Å². The summed E-state index contributed by atoms with van der Waals surface area (Å²) in [7, 11) is 0. The summed E-state index contributed by atoms with van der Waals surface area (Å²) in [5.41, 5.74) is 0.823. The van der Waals surface area contributed by atoms with Crippen molar-refractivity contribution < 1.29 is 9.90 Å². The molecule has 0 saturated heterocycles. The number of benzene rings is 1. The van der Waals surface area contributed by atoms with Crippen molar-refractivity contribution in [2.75, 3.05) is 6.61 Å². The zero-order valence-corrected chi connectivity index (χ0v) is 6.47. The van der Waals surface area contributed by atoms with Gasteiger partial charge in [-0.2, -0.15) is 4.99 Å². The molecule has 0 radical (unpaired) electrons. The highest BCUT2D eigenvalue weighted by molar-refractivity contribution is 5.35. The molecule has 1 atom stereocenters. The minimum Gasteiger partial charge on any atom is -0.394 e. The van der Waals surface area contributed by atoms with E-state index in [-0.39, 0.29) is 6.61 Å². The van der Waals surface area contributed by atoms with Crippen LogP contribution in [0.3, 0.4) is 0 Å². The van der Waals surface area contributed by atoms with Crippen LogP contribution in [0.5, 0.6) is 0 Å². The zero-order chi connectivity index (χ0) is 8.81. The average Bonchev–Trinajstić information content (AvgIpc) is 2.15. The lowest BCUT2D eigenvalue weighted by molar-refractivity contribution is 0.268. The first-order valence-electron chi connectivity index (χ1n) is 3.61. The Morgan fingerprint density at radius 1 is 1.42 bits per heavy atom. The van der Waals surface area contributed by atoms with Gasteiger partial charge in [0.05, 0.1) is 6.61 Å². The number of carbonyl (C=O) groups excluding carboxylic acids is 1. The molecule has 1 rings (SSSR count). The number of aliphatic hydroxyl groups is 1. The van der Waals surface area contributed by atoms with Crippen LogP contribution in [-0.2, 0) is 4.79 Å². The van der Waals surface area contributed by atoms with Crippen LogP contribution >= 0.6 is 0 Å². The normalized spacial score (nSPS) is 11.8. The van der Waals surface area contributed by atoms with Crippen LogP contribution in [0.4, 0.5) is 0 Å².